The largest absolute Gasteiger partial charge is 0.463 e. The van der Waals surface area contributed by atoms with Crippen molar-refractivity contribution in [2.24, 2.45) is 0 Å². The Balaban J connectivity index is 1.92. The summed E-state index contributed by atoms with van der Waals surface area (Å²) in [5.41, 5.74) is 2.04. The molecule has 112 valence electrons. The van der Waals surface area contributed by atoms with E-state index in [1.807, 2.05) is 42.5 Å². The molecule has 2 aromatic heterocycles. The van der Waals surface area contributed by atoms with Gasteiger partial charge in [-0.3, -0.25) is 0 Å². The molecule has 4 nitrogen and oxygen atoms in total. The van der Waals surface area contributed by atoms with Crippen LogP contribution in [0.15, 0.2) is 48.7 Å². The number of benzene rings is 1. The monoisotopic (exact) mass is 443 g/mol. The highest BCUT2D eigenvalue weighted by molar-refractivity contribution is 14.1. The Labute approximate surface area is 149 Å². The molecule has 0 spiro atoms. The lowest BCUT2D eigenvalue weighted by Gasteiger charge is -2.04. The molecule has 0 saturated carbocycles. The highest BCUT2D eigenvalue weighted by Gasteiger charge is 2.12. The summed E-state index contributed by atoms with van der Waals surface area (Å²) in [7, 11) is 2.25. The summed E-state index contributed by atoms with van der Waals surface area (Å²) in [6.45, 7) is 0. The molecule has 0 amide bonds. The van der Waals surface area contributed by atoms with Gasteiger partial charge in [-0.2, -0.15) is 9.78 Å². The van der Waals surface area contributed by atoms with Crippen molar-refractivity contribution in [2.75, 3.05) is 0 Å². The lowest BCUT2D eigenvalue weighted by molar-refractivity contribution is 0.574. The maximum Gasteiger partial charge on any atom is 0.220 e. The Kier molecular flexibility index (Phi) is 4.96. The van der Waals surface area contributed by atoms with Crippen LogP contribution < -0.4 is 4.52 Å². The Hall–Kier alpha value is -1.17. The zero-order valence-electron chi connectivity index (χ0n) is 11.4. The predicted molar refractivity (Wildman–Crippen MR) is 98.7 cm³/mol. The van der Waals surface area contributed by atoms with E-state index in [1.54, 1.807) is 10.9 Å². The van der Waals surface area contributed by atoms with E-state index in [4.69, 9.17) is 16.1 Å². The van der Waals surface area contributed by atoms with E-state index in [1.165, 1.54) is 0 Å². The van der Waals surface area contributed by atoms with Gasteiger partial charge in [0.15, 0.2) is 5.82 Å². The topological polar surface area (TPSA) is 39.9 Å². The molecule has 1 atom stereocenters. The van der Waals surface area contributed by atoms with E-state index >= 15 is 0 Å². The lowest BCUT2D eigenvalue weighted by atomic mass is 10.1. The van der Waals surface area contributed by atoms with Gasteiger partial charge >= 0.3 is 0 Å². The first-order chi connectivity index (χ1) is 10.7. The van der Waals surface area contributed by atoms with Crippen molar-refractivity contribution in [3.8, 4) is 11.7 Å². The highest BCUT2D eigenvalue weighted by atomic mass is 127. The van der Waals surface area contributed by atoms with Gasteiger partial charge in [0, 0.05) is 27.3 Å². The first-order valence-electron chi connectivity index (χ1n) is 6.48. The predicted octanol–water partition coefficient (Wildman–Crippen LogP) is 4.29. The van der Waals surface area contributed by atoms with Crippen molar-refractivity contribution in [3.63, 3.8) is 0 Å². The molecular weight excluding hydrogens is 432 g/mol. The molecular formula is C15H12ClIN3OP. The van der Waals surface area contributed by atoms with Crippen molar-refractivity contribution >= 4 is 43.7 Å². The lowest BCUT2D eigenvalue weighted by Crippen LogP contribution is -2.01. The van der Waals surface area contributed by atoms with Gasteiger partial charge in [0.1, 0.15) is 0 Å². The van der Waals surface area contributed by atoms with Gasteiger partial charge < -0.3 is 4.52 Å². The molecule has 0 aliphatic carbocycles. The summed E-state index contributed by atoms with van der Waals surface area (Å²) < 4.78 is 8.12. The van der Waals surface area contributed by atoms with Crippen molar-refractivity contribution in [2.45, 2.75) is 6.42 Å². The van der Waals surface area contributed by atoms with Crippen LogP contribution in [-0.2, 0) is 6.42 Å². The zero-order chi connectivity index (χ0) is 15.5. The second-order valence-corrected chi connectivity index (χ2v) is 6.56. The van der Waals surface area contributed by atoms with Gasteiger partial charge in [-0.15, -0.1) is 0 Å². The maximum atomic E-state index is 5.91. The van der Waals surface area contributed by atoms with Crippen LogP contribution in [0.2, 0.25) is 5.02 Å². The van der Waals surface area contributed by atoms with E-state index in [0.717, 1.165) is 25.7 Å². The minimum Gasteiger partial charge on any atom is -0.463 e. The fourth-order valence-corrected chi connectivity index (χ4v) is 2.80. The summed E-state index contributed by atoms with van der Waals surface area (Å²) in [6, 6.07) is 13.5. The van der Waals surface area contributed by atoms with Crippen LogP contribution in [0.25, 0.3) is 5.82 Å². The van der Waals surface area contributed by atoms with E-state index in [2.05, 4.69) is 42.1 Å². The Morgan fingerprint density at radius 2 is 1.95 bits per heavy atom. The molecule has 1 aromatic carbocycles. The van der Waals surface area contributed by atoms with E-state index in [9.17, 15) is 0 Å². The summed E-state index contributed by atoms with van der Waals surface area (Å²) in [6.07, 6.45) is 2.46. The molecule has 0 N–H and O–H groups in total. The number of aromatic nitrogens is 3. The number of rotatable bonds is 4. The van der Waals surface area contributed by atoms with Crippen LogP contribution in [0.5, 0.6) is 5.88 Å². The van der Waals surface area contributed by atoms with Gasteiger partial charge in [-0.05, 0) is 52.4 Å². The normalized spacial score (nSPS) is 10.7. The minimum atomic E-state index is 0.628. The van der Waals surface area contributed by atoms with Crippen LogP contribution in [0.3, 0.4) is 0 Å². The molecule has 7 heteroatoms. The molecule has 3 rings (SSSR count). The van der Waals surface area contributed by atoms with Crippen LogP contribution in [0.4, 0.5) is 0 Å². The Morgan fingerprint density at radius 1 is 1.18 bits per heavy atom. The molecule has 0 bridgehead atoms. The standard InChI is InChI=1S/C15H12ClIN3OP/c16-11-3-1-10(2-4-11)7-13-9-15(21-22)20(19-13)14-8-12(17)5-6-18-14/h1-6,8-9H,7,22H2. The molecule has 0 fully saturated rings. The quantitative estimate of drug-likeness (QED) is 0.446. The first-order valence-corrected chi connectivity index (χ1v) is 8.40. The smallest absolute Gasteiger partial charge is 0.220 e. The number of hydrogen-bond donors (Lipinski definition) is 0. The van der Waals surface area contributed by atoms with Gasteiger partial charge in [0.25, 0.3) is 0 Å². The summed E-state index contributed by atoms with van der Waals surface area (Å²) in [5, 5.41) is 5.32. The van der Waals surface area contributed by atoms with E-state index in [0.29, 0.717) is 12.3 Å². The van der Waals surface area contributed by atoms with E-state index < -0.39 is 0 Å². The maximum absolute atomic E-state index is 5.91. The molecule has 0 saturated heterocycles. The number of pyridine rings is 1. The van der Waals surface area contributed by atoms with Crippen LogP contribution in [-0.4, -0.2) is 14.8 Å². The number of nitrogens with zero attached hydrogens (tertiary/aromatic N) is 3. The SMILES string of the molecule is POc1cc(Cc2ccc(Cl)cc2)nn1-c1cc(I)ccn1. The second-order valence-electron chi connectivity index (χ2n) is 4.64. The average Bonchev–Trinajstić information content (AvgIpc) is 2.92. The van der Waals surface area contributed by atoms with Crippen molar-refractivity contribution in [1.82, 2.24) is 14.8 Å². The first kappa shape index (κ1) is 15.7. The highest BCUT2D eigenvalue weighted by Crippen LogP contribution is 2.23. The van der Waals surface area contributed by atoms with Crippen molar-refractivity contribution in [3.05, 3.63) is 68.5 Å². The third-order valence-electron chi connectivity index (χ3n) is 3.07. The zero-order valence-corrected chi connectivity index (χ0v) is 15.5. The minimum absolute atomic E-state index is 0.628. The molecule has 0 aliphatic heterocycles. The second kappa shape index (κ2) is 6.94. The molecule has 22 heavy (non-hydrogen) atoms. The summed E-state index contributed by atoms with van der Waals surface area (Å²) >= 11 is 8.15. The average molecular weight is 444 g/mol. The molecule has 0 aliphatic rings. The Bertz CT molecular complexity index is 792. The molecule has 3 aromatic rings. The van der Waals surface area contributed by atoms with Gasteiger partial charge in [0.05, 0.1) is 15.2 Å². The summed E-state index contributed by atoms with van der Waals surface area (Å²) in [4.78, 5) is 4.34. The van der Waals surface area contributed by atoms with Crippen molar-refractivity contribution in [1.29, 1.82) is 0 Å². The third-order valence-corrected chi connectivity index (χ3v) is 4.24. The molecule has 2 heterocycles. The number of hydrogen-bond acceptors (Lipinski definition) is 3. The molecule has 0 radical (unpaired) electrons. The van der Waals surface area contributed by atoms with Gasteiger partial charge in [-0.25, -0.2) is 4.98 Å². The fraction of sp³-hybridized carbons (Fsp3) is 0.0667. The van der Waals surface area contributed by atoms with Gasteiger partial charge in [0.2, 0.25) is 5.88 Å². The van der Waals surface area contributed by atoms with E-state index in [-0.39, 0.29) is 0 Å². The Morgan fingerprint density at radius 3 is 2.64 bits per heavy atom. The van der Waals surface area contributed by atoms with Crippen molar-refractivity contribution < 1.29 is 4.52 Å². The number of halogens is 2. The van der Waals surface area contributed by atoms with Gasteiger partial charge in [-0.1, -0.05) is 23.7 Å². The van der Waals surface area contributed by atoms with Crippen LogP contribution >= 0.6 is 43.7 Å². The fourth-order valence-electron chi connectivity index (χ4n) is 2.07. The van der Waals surface area contributed by atoms with Crippen LogP contribution in [0.1, 0.15) is 11.3 Å². The summed E-state index contributed by atoms with van der Waals surface area (Å²) in [5.74, 6) is 1.36. The van der Waals surface area contributed by atoms with Crippen LogP contribution in [0, 0.1) is 3.57 Å². The third kappa shape index (κ3) is 3.59. The molecule has 1 unspecified atom stereocenters.